The number of ether oxygens (including phenoxy) is 2. The van der Waals surface area contributed by atoms with E-state index in [4.69, 9.17) is 9.47 Å². The lowest BCUT2D eigenvalue weighted by Gasteiger charge is -2.22. The van der Waals surface area contributed by atoms with Crippen molar-refractivity contribution >= 4 is 5.91 Å². The Morgan fingerprint density at radius 1 is 1.36 bits per heavy atom. The summed E-state index contributed by atoms with van der Waals surface area (Å²) in [6, 6.07) is 3.91. The SMILES string of the molecule is COCCOc1ccc(C(=O)N2CC(C)C(N(C)C)C2)cn1. The van der Waals surface area contributed by atoms with Gasteiger partial charge in [0.05, 0.1) is 12.2 Å². The predicted octanol–water partition coefficient (Wildman–Crippen LogP) is 1.13. The number of nitrogens with zero attached hydrogens (tertiary/aromatic N) is 3. The average molecular weight is 307 g/mol. The first-order valence-corrected chi connectivity index (χ1v) is 7.56. The molecule has 1 fully saturated rings. The number of amides is 1. The second-order valence-electron chi connectivity index (χ2n) is 5.94. The molecule has 1 aromatic heterocycles. The maximum absolute atomic E-state index is 12.5. The summed E-state index contributed by atoms with van der Waals surface area (Å²) in [6.07, 6.45) is 1.58. The van der Waals surface area contributed by atoms with E-state index in [9.17, 15) is 4.79 Å². The highest BCUT2D eigenvalue weighted by molar-refractivity contribution is 5.94. The van der Waals surface area contributed by atoms with Crippen LogP contribution in [0.15, 0.2) is 18.3 Å². The quantitative estimate of drug-likeness (QED) is 0.738. The Labute approximate surface area is 132 Å². The number of likely N-dealkylation sites (tertiary alicyclic amines) is 1. The van der Waals surface area contributed by atoms with Gasteiger partial charge in [-0.2, -0.15) is 0 Å². The third-order valence-corrected chi connectivity index (χ3v) is 4.04. The molecule has 2 unspecified atom stereocenters. The number of rotatable bonds is 6. The molecule has 0 saturated carbocycles. The molecule has 0 aromatic carbocycles. The summed E-state index contributed by atoms with van der Waals surface area (Å²) in [4.78, 5) is 20.8. The standard InChI is InChI=1S/C16H25N3O3/c1-12-10-19(11-14(12)18(2)3)16(20)13-5-6-15(17-9-13)22-8-7-21-4/h5-6,9,12,14H,7-8,10-11H2,1-4H3. The number of carbonyl (C=O) groups excluding carboxylic acids is 1. The highest BCUT2D eigenvalue weighted by atomic mass is 16.5. The Hall–Kier alpha value is -1.66. The fraction of sp³-hybridized carbons (Fsp3) is 0.625. The molecule has 1 aliphatic heterocycles. The Balaban J connectivity index is 1.95. The number of carbonyl (C=O) groups is 1. The summed E-state index contributed by atoms with van der Waals surface area (Å²) in [6.45, 7) is 4.70. The van der Waals surface area contributed by atoms with Crippen LogP contribution in [-0.4, -0.2) is 74.2 Å². The lowest BCUT2D eigenvalue weighted by atomic mass is 10.1. The summed E-state index contributed by atoms with van der Waals surface area (Å²) in [5, 5.41) is 0. The van der Waals surface area contributed by atoms with Crippen molar-refractivity contribution in [1.82, 2.24) is 14.8 Å². The van der Waals surface area contributed by atoms with E-state index >= 15 is 0 Å². The molecule has 22 heavy (non-hydrogen) atoms. The van der Waals surface area contributed by atoms with Gasteiger partial charge in [0.2, 0.25) is 5.88 Å². The van der Waals surface area contributed by atoms with Crippen molar-refractivity contribution in [2.24, 2.45) is 5.92 Å². The van der Waals surface area contributed by atoms with Crippen molar-refractivity contribution in [3.63, 3.8) is 0 Å². The Morgan fingerprint density at radius 3 is 2.68 bits per heavy atom. The maximum Gasteiger partial charge on any atom is 0.255 e. The molecule has 2 rings (SSSR count). The van der Waals surface area contributed by atoms with Crippen molar-refractivity contribution in [3.8, 4) is 5.88 Å². The zero-order valence-electron chi connectivity index (χ0n) is 13.8. The van der Waals surface area contributed by atoms with E-state index < -0.39 is 0 Å². The first-order valence-electron chi connectivity index (χ1n) is 7.56. The Morgan fingerprint density at radius 2 is 2.14 bits per heavy atom. The van der Waals surface area contributed by atoms with Gasteiger partial charge in [-0.1, -0.05) is 6.92 Å². The van der Waals surface area contributed by atoms with E-state index in [-0.39, 0.29) is 5.91 Å². The maximum atomic E-state index is 12.5. The van der Waals surface area contributed by atoms with E-state index in [2.05, 4.69) is 30.9 Å². The van der Waals surface area contributed by atoms with Crippen LogP contribution in [-0.2, 0) is 4.74 Å². The van der Waals surface area contributed by atoms with E-state index in [0.717, 1.165) is 13.1 Å². The average Bonchev–Trinajstić information content (AvgIpc) is 2.90. The monoisotopic (exact) mass is 307 g/mol. The van der Waals surface area contributed by atoms with Crippen molar-refractivity contribution in [2.45, 2.75) is 13.0 Å². The molecule has 2 heterocycles. The van der Waals surface area contributed by atoms with Crippen molar-refractivity contribution in [3.05, 3.63) is 23.9 Å². The molecule has 1 aliphatic rings. The van der Waals surface area contributed by atoms with Crippen LogP contribution in [0.2, 0.25) is 0 Å². The van der Waals surface area contributed by atoms with Crippen LogP contribution >= 0.6 is 0 Å². The lowest BCUT2D eigenvalue weighted by molar-refractivity contribution is 0.0781. The van der Waals surface area contributed by atoms with Crippen LogP contribution in [0.4, 0.5) is 0 Å². The molecule has 122 valence electrons. The minimum absolute atomic E-state index is 0.0344. The molecule has 0 N–H and O–H groups in total. The van der Waals surface area contributed by atoms with Gasteiger partial charge in [0, 0.05) is 38.5 Å². The van der Waals surface area contributed by atoms with Crippen LogP contribution in [0.5, 0.6) is 5.88 Å². The summed E-state index contributed by atoms with van der Waals surface area (Å²) in [5.41, 5.74) is 0.602. The Kier molecular flexibility index (Phi) is 5.74. The van der Waals surface area contributed by atoms with Crippen LogP contribution in [0.1, 0.15) is 17.3 Å². The van der Waals surface area contributed by atoms with E-state index in [1.807, 2.05) is 4.90 Å². The minimum Gasteiger partial charge on any atom is -0.475 e. The largest absolute Gasteiger partial charge is 0.475 e. The lowest BCUT2D eigenvalue weighted by Crippen LogP contribution is -2.35. The summed E-state index contributed by atoms with van der Waals surface area (Å²) in [7, 11) is 5.74. The van der Waals surface area contributed by atoms with E-state index in [1.54, 1.807) is 25.4 Å². The zero-order chi connectivity index (χ0) is 16.1. The number of methoxy groups -OCH3 is 1. The smallest absolute Gasteiger partial charge is 0.255 e. The number of pyridine rings is 1. The minimum atomic E-state index is 0.0344. The molecular formula is C16H25N3O3. The molecule has 1 aromatic rings. The van der Waals surface area contributed by atoms with Gasteiger partial charge in [0.15, 0.2) is 0 Å². The number of aromatic nitrogens is 1. The molecule has 0 spiro atoms. The molecule has 1 saturated heterocycles. The van der Waals surface area contributed by atoms with Crippen LogP contribution in [0.25, 0.3) is 0 Å². The summed E-state index contributed by atoms with van der Waals surface area (Å²) in [5.74, 6) is 1.02. The predicted molar refractivity (Wildman–Crippen MR) is 84.2 cm³/mol. The fourth-order valence-corrected chi connectivity index (χ4v) is 2.79. The van der Waals surface area contributed by atoms with Crippen LogP contribution in [0.3, 0.4) is 0 Å². The zero-order valence-corrected chi connectivity index (χ0v) is 13.8. The first-order chi connectivity index (χ1) is 10.5. The highest BCUT2D eigenvalue weighted by Gasteiger charge is 2.33. The van der Waals surface area contributed by atoms with Crippen molar-refractivity contribution in [1.29, 1.82) is 0 Å². The van der Waals surface area contributed by atoms with E-state index in [0.29, 0.717) is 36.6 Å². The fourth-order valence-electron chi connectivity index (χ4n) is 2.79. The molecule has 0 aliphatic carbocycles. The third-order valence-electron chi connectivity index (χ3n) is 4.04. The Bertz CT molecular complexity index is 490. The van der Waals surface area contributed by atoms with Crippen molar-refractivity contribution in [2.75, 3.05) is 47.5 Å². The number of hydrogen-bond donors (Lipinski definition) is 0. The topological polar surface area (TPSA) is 54.9 Å². The normalized spacial score (nSPS) is 21.4. The number of likely N-dealkylation sites (N-methyl/N-ethyl adjacent to an activating group) is 1. The van der Waals surface area contributed by atoms with Gasteiger partial charge in [-0.15, -0.1) is 0 Å². The van der Waals surface area contributed by atoms with Gasteiger partial charge in [-0.05, 0) is 26.1 Å². The highest BCUT2D eigenvalue weighted by Crippen LogP contribution is 2.22. The number of hydrogen-bond acceptors (Lipinski definition) is 5. The molecule has 6 heteroatoms. The van der Waals surface area contributed by atoms with Crippen LogP contribution < -0.4 is 4.74 Å². The van der Waals surface area contributed by atoms with Gasteiger partial charge < -0.3 is 19.3 Å². The molecule has 6 nitrogen and oxygen atoms in total. The van der Waals surface area contributed by atoms with Crippen molar-refractivity contribution < 1.29 is 14.3 Å². The summed E-state index contributed by atoms with van der Waals surface area (Å²) < 4.78 is 10.3. The second kappa shape index (κ2) is 7.56. The first kappa shape index (κ1) is 16.7. The van der Waals surface area contributed by atoms with Gasteiger partial charge in [0.25, 0.3) is 5.91 Å². The van der Waals surface area contributed by atoms with Gasteiger partial charge in [-0.3, -0.25) is 4.79 Å². The second-order valence-corrected chi connectivity index (χ2v) is 5.94. The molecular weight excluding hydrogens is 282 g/mol. The van der Waals surface area contributed by atoms with E-state index in [1.165, 1.54) is 0 Å². The molecule has 1 amide bonds. The molecule has 2 atom stereocenters. The van der Waals surface area contributed by atoms with Gasteiger partial charge in [0.1, 0.15) is 6.61 Å². The van der Waals surface area contributed by atoms with Crippen LogP contribution in [0, 0.1) is 5.92 Å². The molecule has 0 radical (unpaired) electrons. The molecule has 0 bridgehead atoms. The third kappa shape index (κ3) is 3.96. The van der Waals surface area contributed by atoms with Gasteiger partial charge >= 0.3 is 0 Å². The van der Waals surface area contributed by atoms with Gasteiger partial charge in [-0.25, -0.2) is 4.98 Å². The summed E-state index contributed by atoms with van der Waals surface area (Å²) >= 11 is 0.